The lowest BCUT2D eigenvalue weighted by Gasteiger charge is -2.26. The lowest BCUT2D eigenvalue weighted by Crippen LogP contribution is -2.26. The van der Waals surface area contributed by atoms with Crippen molar-refractivity contribution in [2.45, 2.75) is 32.6 Å². The molecule has 0 heterocycles. The molecule has 1 aliphatic rings. The van der Waals surface area contributed by atoms with Crippen molar-refractivity contribution in [2.75, 3.05) is 6.54 Å². The minimum Gasteiger partial charge on any atom is -0.330 e. The zero-order valence-electron chi connectivity index (χ0n) is 11.1. The summed E-state index contributed by atoms with van der Waals surface area (Å²) in [6, 6.07) is 2.85. The Bertz CT molecular complexity index is 479. The number of benzene rings is 1. The topological polar surface area (TPSA) is 43.1 Å². The van der Waals surface area contributed by atoms with E-state index in [0.29, 0.717) is 12.5 Å². The first-order chi connectivity index (χ1) is 9.04. The number of halogens is 2. The van der Waals surface area contributed by atoms with Gasteiger partial charge in [-0.05, 0) is 56.7 Å². The molecule has 1 aromatic carbocycles. The summed E-state index contributed by atoms with van der Waals surface area (Å²) in [6.07, 6.45) is 3.22. The number of ketones is 1. The molecule has 2 nitrogen and oxygen atoms in total. The normalized spacial score (nSPS) is 23.4. The Hall–Kier alpha value is -1.29. The Morgan fingerprint density at radius 1 is 1.21 bits per heavy atom. The molecular formula is C15H19F2NO. The first-order valence-electron chi connectivity index (χ1n) is 6.73. The van der Waals surface area contributed by atoms with Crippen LogP contribution in [-0.2, 0) is 0 Å². The molecule has 2 rings (SSSR count). The van der Waals surface area contributed by atoms with E-state index in [0.717, 1.165) is 25.7 Å². The Labute approximate surface area is 112 Å². The molecular weight excluding hydrogens is 248 g/mol. The highest BCUT2D eigenvalue weighted by Gasteiger charge is 2.28. The SMILES string of the molecule is Cc1ccc(C(=O)C2CCC(CN)CC2)c(F)c1F. The van der Waals surface area contributed by atoms with E-state index in [1.54, 1.807) is 0 Å². The highest BCUT2D eigenvalue weighted by atomic mass is 19.2. The molecule has 1 fully saturated rings. The van der Waals surface area contributed by atoms with E-state index >= 15 is 0 Å². The van der Waals surface area contributed by atoms with E-state index < -0.39 is 11.6 Å². The Balaban J connectivity index is 2.15. The van der Waals surface area contributed by atoms with Crippen LogP contribution in [-0.4, -0.2) is 12.3 Å². The lowest BCUT2D eigenvalue weighted by molar-refractivity contribution is 0.0868. The predicted octanol–water partition coefficient (Wildman–Crippen LogP) is 3.22. The molecule has 104 valence electrons. The van der Waals surface area contributed by atoms with Crippen LogP contribution in [0.2, 0.25) is 0 Å². The van der Waals surface area contributed by atoms with Crippen LogP contribution in [0.5, 0.6) is 0 Å². The largest absolute Gasteiger partial charge is 0.330 e. The van der Waals surface area contributed by atoms with E-state index in [1.165, 1.54) is 19.1 Å². The van der Waals surface area contributed by atoms with Crippen LogP contribution >= 0.6 is 0 Å². The van der Waals surface area contributed by atoms with Crippen molar-refractivity contribution in [2.24, 2.45) is 17.6 Å². The van der Waals surface area contributed by atoms with Crippen molar-refractivity contribution in [1.82, 2.24) is 0 Å². The zero-order valence-corrected chi connectivity index (χ0v) is 11.1. The van der Waals surface area contributed by atoms with Crippen molar-refractivity contribution in [1.29, 1.82) is 0 Å². The predicted molar refractivity (Wildman–Crippen MR) is 69.9 cm³/mol. The van der Waals surface area contributed by atoms with Crippen molar-refractivity contribution in [3.63, 3.8) is 0 Å². The number of hydrogen-bond acceptors (Lipinski definition) is 2. The molecule has 4 heteroatoms. The minimum absolute atomic E-state index is 0.112. The highest BCUT2D eigenvalue weighted by Crippen LogP contribution is 2.31. The lowest BCUT2D eigenvalue weighted by atomic mass is 9.78. The summed E-state index contributed by atoms with van der Waals surface area (Å²) in [5, 5.41) is 0. The van der Waals surface area contributed by atoms with Crippen molar-refractivity contribution >= 4 is 5.78 Å². The summed E-state index contributed by atoms with van der Waals surface area (Å²) in [5.74, 6) is -1.93. The van der Waals surface area contributed by atoms with Gasteiger partial charge in [0.15, 0.2) is 17.4 Å². The van der Waals surface area contributed by atoms with Gasteiger partial charge in [-0.2, -0.15) is 0 Å². The number of rotatable bonds is 3. The maximum atomic E-state index is 13.8. The third-order valence-corrected chi connectivity index (χ3v) is 4.09. The summed E-state index contributed by atoms with van der Waals surface area (Å²) in [5.41, 5.74) is 5.71. The van der Waals surface area contributed by atoms with E-state index in [2.05, 4.69) is 0 Å². The molecule has 0 bridgehead atoms. The fourth-order valence-electron chi connectivity index (χ4n) is 2.72. The smallest absolute Gasteiger partial charge is 0.169 e. The van der Waals surface area contributed by atoms with Crippen LogP contribution in [0.4, 0.5) is 8.78 Å². The standard InChI is InChI=1S/C15H19F2NO/c1-9-2-7-12(14(17)13(9)16)15(19)11-5-3-10(8-18)4-6-11/h2,7,10-11H,3-6,8,18H2,1H3. The van der Waals surface area contributed by atoms with E-state index in [1.807, 2.05) is 0 Å². The van der Waals surface area contributed by atoms with Crippen LogP contribution in [0.25, 0.3) is 0 Å². The van der Waals surface area contributed by atoms with Gasteiger partial charge in [-0.25, -0.2) is 8.78 Å². The molecule has 0 atom stereocenters. The van der Waals surface area contributed by atoms with Gasteiger partial charge < -0.3 is 5.73 Å². The Morgan fingerprint density at radius 3 is 2.42 bits per heavy atom. The summed E-state index contributed by atoms with van der Waals surface area (Å²) in [7, 11) is 0. The van der Waals surface area contributed by atoms with Crippen molar-refractivity contribution in [3.05, 3.63) is 34.9 Å². The highest BCUT2D eigenvalue weighted by molar-refractivity contribution is 5.98. The molecule has 2 N–H and O–H groups in total. The van der Waals surface area contributed by atoms with Gasteiger partial charge >= 0.3 is 0 Å². The molecule has 19 heavy (non-hydrogen) atoms. The molecule has 0 spiro atoms. The minimum atomic E-state index is -1.01. The van der Waals surface area contributed by atoms with Crippen molar-refractivity contribution < 1.29 is 13.6 Å². The van der Waals surface area contributed by atoms with Gasteiger partial charge in [-0.3, -0.25) is 4.79 Å². The van der Waals surface area contributed by atoms with E-state index in [4.69, 9.17) is 5.73 Å². The maximum Gasteiger partial charge on any atom is 0.169 e. The number of Topliss-reactive ketones (excluding diaryl/α,β-unsaturated/α-hetero) is 1. The number of aryl methyl sites for hydroxylation is 1. The average Bonchev–Trinajstić information content (AvgIpc) is 2.44. The summed E-state index contributed by atoms with van der Waals surface area (Å²) in [4.78, 5) is 12.2. The molecule has 0 amide bonds. The van der Waals surface area contributed by atoms with Gasteiger partial charge in [-0.1, -0.05) is 6.07 Å². The molecule has 0 aliphatic heterocycles. The van der Waals surface area contributed by atoms with Crippen LogP contribution in [0.15, 0.2) is 12.1 Å². The number of carbonyl (C=O) groups is 1. The molecule has 0 aromatic heterocycles. The Kier molecular flexibility index (Phi) is 4.30. The van der Waals surface area contributed by atoms with Crippen LogP contribution in [0.3, 0.4) is 0 Å². The summed E-state index contributed by atoms with van der Waals surface area (Å²) in [6.45, 7) is 2.12. The quantitative estimate of drug-likeness (QED) is 0.854. The molecule has 1 aliphatic carbocycles. The van der Waals surface area contributed by atoms with Crippen LogP contribution < -0.4 is 5.73 Å². The van der Waals surface area contributed by atoms with Gasteiger partial charge in [0.1, 0.15) is 0 Å². The number of hydrogen-bond donors (Lipinski definition) is 1. The molecule has 1 saturated carbocycles. The van der Waals surface area contributed by atoms with E-state index in [9.17, 15) is 13.6 Å². The third-order valence-electron chi connectivity index (χ3n) is 4.09. The fraction of sp³-hybridized carbons (Fsp3) is 0.533. The first-order valence-corrected chi connectivity index (χ1v) is 6.73. The van der Waals surface area contributed by atoms with Gasteiger partial charge in [0, 0.05) is 5.92 Å². The summed E-state index contributed by atoms with van der Waals surface area (Å²) >= 11 is 0. The second-order valence-corrected chi connectivity index (χ2v) is 5.38. The maximum absolute atomic E-state index is 13.8. The molecule has 0 radical (unpaired) electrons. The summed E-state index contributed by atoms with van der Waals surface area (Å²) < 4.78 is 27.3. The average molecular weight is 267 g/mol. The number of carbonyl (C=O) groups excluding carboxylic acids is 1. The zero-order chi connectivity index (χ0) is 14.0. The molecule has 1 aromatic rings. The molecule has 0 saturated heterocycles. The Morgan fingerprint density at radius 2 is 1.84 bits per heavy atom. The van der Waals surface area contributed by atoms with Gasteiger partial charge in [0.05, 0.1) is 5.56 Å². The van der Waals surface area contributed by atoms with Gasteiger partial charge in [0.25, 0.3) is 0 Å². The van der Waals surface area contributed by atoms with Crippen LogP contribution in [0.1, 0.15) is 41.6 Å². The third kappa shape index (κ3) is 2.84. The van der Waals surface area contributed by atoms with Crippen LogP contribution in [0, 0.1) is 30.4 Å². The monoisotopic (exact) mass is 267 g/mol. The molecule has 0 unspecified atom stereocenters. The van der Waals surface area contributed by atoms with Gasteiger partial charge in [0.2, 0.25) is 0 Å². The van der Waals surface area contributed by atoms with Gasteiger partial charge in [-0.15, -0.1) is 0 Å². The second kappa shape index (κ2) is 5.78. The number of nitrogens with two attached hydrogens (primary N) is 1. The second-order valence-electron chi connectivity index (χ2n) is 5.38. The van der Waals surface area contributed by atoms with E-state index in [-0.39, 0.29) is 22.8 Å². The first kappa shape index (κ1) is 14.1. The van der Waals surface area contributed by atoms with Crippen molar-refractivity contribution in [3.8, 4) is 0 Å². The fourth-order valence-corrected chi connectivity index (χ4v) is 2.72.